The second-order valence-corrected chi connectivity index (χ2v) is 10.6. The molecule has 2 amide bonds. The van der Waals surface area contributed by atoms with Gasteiger partial charge in [-0.05, 0) is 66.0 Å². The van der Waals surface area contributed by atoms with Crippen LogP contribution in [0.5, 0.6) is 0 Å². The van der Waals surface area contributed by atoms with Crippen molar-refractivity contribution in [3.05, 3.63) is 36.0 Å². The first kappa shape index (κ1) is 28.7. The monoisotopic (exact) mass is 503 g/mol. The lowest BCUT2D eigenvalue weighted by Crippen LogP contribution is -2.54. The van der Waals surface area contributed by atoms with Crippen LogP contribution in [0.1, 0.15) is 66.4 Å². The Morgan fingerprint density at radius 2 is 1.58 bits per heavy atom. The number of alkyl carbamates (subject to hydrolysis) is 1. The molecule has 0 aliphatic rings. The summed E-state index contributed by atoms with van der Waals surface area (Å²) in [6.45, 7) is 10.2. The first-order valence-corrected chi connectivity index (χ1v) is 11.9. The van der Waals surface area contributed by atoms with Gasteiger partial charge < -0.3 is 30.2 Å². The smallest absolute Gasteiger partial charge is 0.408 e. The van der Waals surface area contributed by atoms with Gasteiger partial charge in [-0.15, -0.1) is 0 Å². The fourth-order valence-electron chi connectivity index (χ4n) is 3.53. The van der Waals surface area contributed by atoms with Gasteiger partial charge in [-0.2, -0.15) is 0 Å². The summed E-state index contributed by atoms with van der Waals surface area (Å²) in [6, 6.07) is 5.41. The standard InChI is InChI=1S/C26H37N3O7/c1-25(2,3)35-23(33)19(12-9-13-21(30)31)28-22(32)20(29-24(34)36-26(4,5)6)14-16-15-27-18-11-8-7-10-17(16)18/h7-8,10-11,15,19-20,27H,9,12-14H2,1-6H3,(H,28,32)(H,29,34)(H,30,31)/t19-,20-/m1/s1. The fraction of sp³-hybridized carbons (Fsp3) is 0.538. The number of esters is 1. The molecular formula is C26H37N3O7. The molecular weight excluding hydrogens is 466 g/mol. The average Bonchev–Trinajstić information content (AvgIpc) is 3.12. The largest absolute Gasteiger partial charge is 0.481 e. The van der Waals surface area contributed by atoms with Crippen molar-refractivity contribution in [1.29, 1.82) is 0 Å². The number of benzene rings is 1. The number of aromatic amines is 1. The number of amides is 2. The maximum Gasteiger partial charge on any atom is 0.408 e. The number of ether oxygens (including phenoxy) is 2. The number of hydrogen-bond donors (Lipinski definition) is 4. The molecule has 10 heteroatoms. The first-order valence-electron chi connectivity index (χ1n) is 11.9. The number of carbonyl (C=O) groups excluding carboxylic acids is 3. The van der Waals surface area contributed by atoms with Crippen molar-refractivity contribution in [2.45, 2.75) is 90.5 Å². The molecule has 0 radical (unpaired) electrons. The Morgan fingerprint density at radius 3 is 2.19 bits per heavy atom. The molecule has 0 saturated heterocycles. The summed E-state index contributed by atoms with van der Waals surface area (Å²) < 4.78 is 10.8. The van der Waals surface area contributed by atoms with E-state index in [0.29, 0.717) is 0 Å². The number of rotatable bonds is 10. The van der Waals surface area contributed by atoms with Crippen LogP contribution >= 0.6 is 0 Å². The van der Waals surface area contributed by atoms with Crippen LogP contribution in [0.4, 0.5) is 4.79 Å². The molecule has 198 valence electrons. The van der Waals surface area contributed by atoms with E-state index in [2.05, 4.69) is 15.6 Å². The van der Waals surface area contributed by atoms with Gasteiger partial charge in [0.25, 0.3) is 0 Å². The van der Waals surface area contributed by atoms with Crippen molar-refractivity contribution in [3.63, 3.8) is 0 Å². The number of aromatic nitrogens is 1. The Kier molecular flexibility index (Phi) is 9.49. The minimum Gasteiger partial charge on any atom is -0.481 e. The van der Waals surface area contributed by atoms with Crippen LogP contribution in [-0.2, 0) is 30.3 Å². The van der Waals surface area contributed by atoms with Crippen LogP contribution in [0.2, 0.25) is 0 Å². The molecule has 2 aromatic rings. The second kappa shape index (κ2) is 11.9. The molecule has 36 heavy (non-hydrogen) atoms. The van der Waals surface area contributed by atoms with E-state index in [1.807, 2.05) is 24.3 Å². The Morgan fingerprint density at radius 1 is 0.944 bits per heavy atom. The van der Waals surface area contributed by atoms with E-state index >= 15 is 0 Å². The number of carboxylic acids is 1. The molecule has 0 spiro atoms. The van der Waals surface area contributed by atoms with E-state index in [1.54, 1.807) is 47.7 Å². The number of H-pyrrole nitrogens is 1. The third kappa shape index (κ3) is 9.59. The zero-order valence-electron chi connectivity index (χ0n) is 21.8. The number of hydrogen-bond acceptors (Lipinski definition) is 6. The quantitative estimate of drug-likeness (QED) is 0.362. The van der Waals surface area contributed by atoms with Crippen LogP contribution in [-0.4, -0.2) is 57.3 Å². The molecule has 10 nitrogen and oxygen atoms in total. The Hall–Kier alpha value is -3.56. The number of aliphatic carboxylic acids is 1. The highest BCUT2D eigenvalue weighted by Crippen LogP contribution is 2.20. The van der Waals surface area contributed by atoms with E-state index in [-0.39, 0.29) is 25.7 Å². The molecule has 0 unspecified atom stereocenters. The van der Waals surface area contributed by atoms with E-state index in [4.69, 9.17) is 14.6 Å². The number of para-hydroxylation sites is 1. The van der Waals surface area contributed by atoms with Crippen molar-refractivity contribution in [1.82, 2.24) is 15.6 Å². The highest BCUT2D eigenvalue weighted by molar-refractivity contribution is 5.91. The summed E-state index contributed by atoms with van der Waals surface area (Å²) in [5.41, 5.74) is 0.0954. The third-order valence-electron chi connectivity index (χ3n) is 5.00. The lowest BCUT2D eigenvalue weighted by atomic mass is 10.0. The number of carbonyl (C=O) groups is 4. The van der Waals surface area contributed by atoms with Gasteiger partial charge in [0.1, 0.15) is 23.3 Å². The topological polar surface area (TPSA) is 147 Å². The molecule has 0 saturated carbocycles. The van der Waals surface area contributed by atoms with Gasteiger partial charge in [-0.25, -0.2) is 9.59 Å². The zero-order chi connectivity index (χ0) is 27.1. The Bertz CT molecular complexity index is 1080. The summed E-state index contributed by atoms with van der Waals surface area (Å²) in [4.78, 5) is 52.8. The second-order valence-electron chi connectivity index (χ2n) is 10.6. The van der Waals surface area contributed by atoms with Gasteiger partial charge >= 0.3 is 18.0 Å². The average molecular weight is 504 g/mol. The van der Waals surface area contributed by atoms with Crippen LogP contribution < -0.4 is 10.6 Å². The molecule has 2 rings (SSSR count). The van der Waals surface area contributed by atoms with Crippen LogP contribution in [0.3, 0.4) is 0 Å². The number of carboxylic acid groups (broad SMARTS) is 1. The van der Waals surface area contributed by atoms with Crippen LogP contribution in [0.25, 0.3) is 10.9 Å². The van der Waals surface area contributed by atoms with Gasteiger partial charge in [0.2, 0.25) is 5.91 Å². The van der Waals surface area contributed by atoms with Crippen molar-refractivity contribution in [3.8, 4) is 0 Å². The van der Waals surface area contributed by atoms with Crippen molar-refractivity contribution >= 4 is 34.8 Å². The molecule has 1 aromatic heterocycles. The van der Waals surface area contributed by atoms with Crippen molar-refractivity contribution < 1.29 is 33.8 Å². The number of fused-ring (bicyclic) bond motifs is 1. The SMILES string of the molecule is CC(C)(C)OC(=O)N[C@H](Cc1c[nH]c2ccccc12)C(=O)N[C@H](CCCC(=O)O)C(=O)OC(C)(C)C. The highest BCUT2D eigenvalue weighted by atomic mass is 16.6. The molecule has 1 aromatic carbocycles. The van der Waals surface area contributed by atoms with Crippen LogP contribution in [0, 0.1) is 0 Å². The van der Waals surface area contributed by atoms with Crippen molar-refractivity contribution in [2.75, 3.05) is 0 Å². The van der Waals surface area contributed by atoms with Crippen molar-refractivity contribution in [2.24, 2.45) is 0 Å². The predicted molar refractivity (Wildman–Crippen MR) is 134 cm³/mol. The molecule has 2 atom stereocenters. The predicted octanol–water partition coefficient (Wildman–Crippen LogP) is 3.69. The van der Waals surface area contributed by atoms with E-state index in [1.165, 1.54) is 0 Å². The first-order chi connectivity index (χ1) is 16.6. The maximum atomic E-state index is 13.4. The summed E-state index contributed by atoms with van der Waals surface area (Å²) in [5.74, 6) is -2.30. The summed E-state index contributed by atoms with van der Waals surface area (Å²) in [7, 11) is 0. The van der Waals surface area contributed by atoms with Gasteiger partial charge in [-0.3, -0.25) is 9.59 Å². The van der Waals surface area contributed by atoms with Gasteiger partial charge in [0.15, 0.2) is 0 Å². The molecule has 1 heterocycles. The normalized spacial score (nSPS) is 13.5. The summed E-state index contributed by atoms with van der Waals surface area (Å²) in [6.07, 6.45) is 1.18. The molecule has 4 N–H and O–H groups in total. The molecule has 0 aliphatic carbocycles. The Balaban J connectivity index is 2.27. The van der Waals surface area contributed by atoms with Gasteiger partial charge in [0, 0.05) is 29.9 Å². The number of nitrogens with one attached hydrogen (secondary N) is 3. The van der Waals surface area contributed by atoms with Crippen LogP contribution in [0.15, 0.2) is 30.5 Å². The summed E-state index contributed by atoms with van der Waals surface area (Å²) >= 11 is 0. The summed E-state index contributed by atoms with van der Waals surface area (Å²) in [5, 5.41) is 15.1. The van der Waals surface area contributed by atoms with E-state index in [0.717, 1.165) is 16.5 Å². The molecule has 0 aliphatic heterocycles. The van der Waals surface area contributed by atoms with E-state index < -0.39 is 47.2 Å². The lowest BCUT2D eigenvalue weighted by Gasteiger charge is -2.27. The Labute approximate surface area is 211 Å². The molecule has 0 bridgehead atoms. The van der Waals surface area contributed by atoms with Gasteiger partial charge in [-0.1, -0.05) is 18.2 Å². The highest BCUT2D eigenvalue weighted by Gasteiger charge is 2.31. The zero-order valence-corrected chi connectivity index (χ0v) is 21.8. The third-order valence-corrected chi connectivity index (χ3v) is 5.00. The minimum absolute atomic E-state index is 0.0686. The molecule has 0 fully saturated rings. The lowest BCUT2D eigenvalue weighted by molar-refractivity contribution is -0.159. The fourth-order valence-corrected chi connectivity index (χ4v) is 3.53. The van der Waals surface area contributed by atoms with Gasteiger partial charge in [0.05, 0.1) is 0 Å². The maximum absolute atomic E-state index is 13.4. The minimum atomic E-state index is -1.08. The van der Waals surface area contributed by atoms with E-state index in [9.17, 15) is 19.2 Å².